The van der Waals surface area contributed by atoms with Gasteiger partial charge in [0, 0.05) is 29.7 Å². The van der Waals surface area contributed by atoms with Gasteiger partial charge in [-0.05, 0) is 77.7 Å². The molecule has 0 spiro atoms. The van der Waals surface area contributed by atoms with Gasteiger partial charge in [0.05, 0.1) is 0 Å². The van der Waals surface area contributed by atoms with Gasteiger partial charge in [-0.1, -0.05) is 23.7 Å². The molecule has 3 N–H and O–H groups in total. The lowest BCUT2D eigenvalue weighted by molar-refractivity contribution is -0.121. The van der Waals surface area contributed by atoms with Crippen LogP contribution in [0.15, 0.2) is 29.3 Å². The predicted molar refractivity (Wildman–Crippen MR) is 121 cm³/mol. The van der Waals surface area contributed by atoms with Crippen LogP contribution in [0.25, 0.3) is 0 Å². The van der Waals surface area contributed by atoms with Crippen LogP contribution in [0.2, 0.25) is 5.02 Å². The van der Waals surface area contributed by atoms with Crippen molar-refractivity contribution in [2.75, 3.05) is 33.2 Å². The maximum Gasteiger partial charge on any atom is 0.242 e. The molecule has 6 nitrogen and oxygen atoms in total. The normalized spacial score (nSPS) is 21.0. The summed E-state index contributed by atoms with van der Waals surface area (Å²) in [5, 5.41) is 10.4. The van der Waals surface area contributed by atoms with E-state index in [9.17, 15) is 4.79 Å². The van der Waals surface area contributed by atoms with Gasteiger partial charge in [0.15, 0.2) is 5.96 Å². The summed E-state index contributed by atoms with van der Waals surface area (Å²) in [6.45, 7) is 10.6. The first-order valence-electron chi connectivity index (χ1n) is 10.5. The highest BCUT2D eigenvalue weighted by Crippen LogP contribution is 2.35. The fourth-order valence-electron chi connectivity index (χ4n) is 3.87. The Kier molecular flexibility index (Phi) is 8.78. The first-order valence-corrected chi connectivity index (χ1v) is 10.9. The molecular formula is C22H36ClN5O. The smallest absolute Gasteiger partial charge is 0.242 e. The van der Waals surface area contributed by atoms with E-state index >= 15 is 0 Å². The quantitative estimate of drug-likeness (QED) is 0.487. The van der Waals surface area contributed by atoms with Crippen LogP contribution in [0.4, 0.5) is 0 Å². The van der Waals surface area contributed by atoms with E-state index in [0.29, 0.717) is 17.9 Å². The van der Waals surface area contributed by atoms with Crippen molar-refractivity contribution in [2.45, 2.75) is 52.1 Å². The van der Waals surface area contributed by atoms with E-state index < -0.39 is 0 Å². The van der Waals surface area contributed by atoms with Gasteiger partial charge in [-0.25, -0.2) is 4.99 Å². The van der Waals surface area contributed by atoms with Gasteiger partial charge in [-0.15, -0.1) is 0 Å². The molecule has 1 aliphatic rings. The van der Waals surface area contributed by atoms with E-state index in [1.54, 1.807) is 0 Å². The van der Waals surface area contributed by atoms with Crippen LogP contribution in [-0.2, 0) is 4.79 Å². The fourth-order valence-corrected chi connectivity index (χ4v) is 4.07. The summed E-state index contributed by atoms with van der Waals surface area (Å²) in [6.07, 6.45) is 2.31. The van der Waals surface area contributed by atoms with Crippen LogP contribution in [0.1, 0.15) is 52.1 Å². The lowest BCUT2D eigenvalue weighted by Gasteiger charge is -2.40. The summed E-state index contributed by atoms with van der Waals surface area (Å²) in [6, 6.07) is 8.46. The third-order valence-electron chi connectivity index (χ3n) is 4.97. The van der Waals surface area contributed by atoms with E-state index in [1.165, 1.54) is 12.0 Å². The lowest BCUT2D eigenvalue weighted by Crippen LogP contribution is -2.46. The minimum Gasteiger partial charge on any atom is -0.357 e. The summed E-state index contributed by atoms with van der Waals surface area (Å²) in [4.78, 5) is 19.0. The Morgan fingerprint density at radius 2 is 2.07 bits per heavy atom. The summed E-state index contributed by atoms with van der Waals surface area (Å²) in [7, 11) is 2.17. The van der Waals surface area contributed by atoms with E-state index in [4.69, 9.17) is 11.6 Å². The van der Waals surface area contributed by atoms with Crippen LogP contribution in [-0.4, -0.2) is 55.5 Å². The Hall–Kier alpha value is -1.79. The molecule has 7 heteroatoms. The van der Waals surface area contributed by atoms with Gasteiger partial charge in [-0.3, -0.25) is 9.69 Å². The van der Waals surface area contributed by atoms with Gasteiger partial charge < -0.3 is 16.0 Å². The summed E-state index contributed by atoms with van der Waals surface area (Å²) >= 11 is 6.24. The van der Waals surface area contributed by atoms with Crippen LogP contribution in [0.3, 0.4) is 0 Å². The zero-order chi connectivity index (χ0) is 21.4. The van der Waals surface area contributed by atoms with Gasteiger partial charge >= 0.3 is 0 Å². The average Bonchev–Trinajstić information content (AvgIpc) is 2.62. The number of benzene rings is 1. The molecule has 1 fully saturated rings. The average molecular weight is 422 g/mol. The second-order valence-corrected chi connectivity index (χ2v) is 9.19. The topological polar surface area (TPSA) is 68.8 Å². The van der Waals surface area contributed by atoms with E-state index in [2.05, 4.69) is 45.0 Å². The number of halogens is 1. The number of hydrogen-bond donors (Lipinski definition) is 3. The number of carbonyl (C=O) groups is 1. The third-order valence-corrected chi connectivity index (χ3v) is 5.20. The molecule has 1 aromatic carbocycles. The van der Waals surface area contributed by atoms with Gasteiger partial charge in [0.25, 0.3) is 0 Å². The molecule has 0 bridgehead atoms. The number of carbonyl (C=O) groups excluding carboxylic acids is 1. The second-order valence-electron chi connectivity index (χ2n) is 8.76. The van der Waals surface area contributed by atoms with Crippen molar-refractivity contribution in [1.29, 1.82) is 0 Å². The maximum atomic E-state index is 12.1. The standard InChI is InChI=1S/C22H36ClN5O/c1-6-24-21(26-15-19(29)27-22(2,3)4)25-14-17-10-8-12-28(5)20(17)16-9-7-11-18(23)13-16/h7,9,11,13,17,20H,6,8,10,12,14-15H2,1-5H3,(H,27,29)(H2,24,25,26). The summed E-state index contributed by atoms with van der Waals surface area (Å²) in [5.41, 5.74) is 0.993. The number of amides is 1. The highest BCUT2D eigenvalue weighted by molar-refractivity contribution is 6.30. The molecular weight excluding hydrogens is 386 g/mol. The monoisotopic (exact) mass is 421 g/mol. The molecule has 0 aliphatic carbocycles. The Bertz CT molecular complexity index is 701. The molecule has 1 aromatic rings. The van der Waals surface area contributed by atoms with Crippen molar-refractivity contribution >= 4 is 23.5 Å². The Morgan fingerprint density at radius 1 is 1.31 bits per heavy atom. The number of hydrogen-bond acceptors (Lipinski definition) is 3. The molecule has 0 radical (unpaired) electrons. The molecule has 162 valence electrons. The number of nitrogens with zero attached hydrogens (tertiary/aromatic N) is 2. The van der Waals surface area contributed by atoms with Crippen molar-refractivity contribution in [3.63, 3.8) is 0 Å². The van der Waals surface area contributed by atoms with Crippen LogP contribution in [0, 0.1) is 5.92 Å². The first-order chi connectivity index (χ1) is 13.7. The zero-order valence-corrected chi connectivity index (χ0v) is 19.1. The predicted octanol–water partition coefficient (Wildman–Crippen LogP) is 3.19. The molecule has 0 saturated carbocycles. The van der Waals surface area contributed by atoms with Gasteiger partial charge in [-0.2, -0.15) is 0 Å². The Labute approximate surface area is 180 Å². The molecule has 29 heavy (non-hydrogen) atoms. The Balaban J connectivity index is 2.04. The lowest BCUT2D eigenvalue weighted by atomic mass is 9.85. The van der Waals surface area contributed by atoms with Crippen LogP contribution in [0.5, 0.6) is 0 Å². The van der Waals surface area contributed by atoms with Gasteiger partial charge in [0.2, 0.25) is 5.91 Å². The van der Waals surface area contributed by atoms with E-state index in [1.807, 2.05) is 39.8 Å². The molecule has 2 atom stereocenters. The van der Waals surface area contributed by atoms with E-state index in [0.717, 1.165) is 31.1 Å². The minimum absolute atomic E-state index is 0.0797. The number of likely N-dealkylation sites (tertiary alicyclic amines) is 1. The molecule has 1 saturated heterocycles. The number of aliphatic imine (C=N–C) groups is 1. The van der Waals surface area contributed by atoms with Crippen molar-refractivity contribution in [2.24, 2.45) is 10.9 Å². The molecule has 1 aliphatic heterocycles. The number of nitrogens with one attached hydrogen (secondary N) is 3. The van der Waals surface area contributed by atoms with E-state index in [-0.39, 0.29) is 18.0 Å². The van der Waals surface area contributed by atoms with Crippen LogP contribution < -0.4 is 16.0 Å². The van der Waals surface area contributed by atoms with Crippen molar-refractivity contribution < 1.29 is 4.79 Å². The van der Waals surface area contributed by atoms with Gasteiger partial charge in [0.1, 0.15) is 6.54 Å². The fraction of sp³-hybridized carbons (Fsp3) is 0.636. The largest absolute Gasteiger partial charge is 0.357 e. The molecule has 0 aromatic heterocycles. The number of piperidine rings is 1. The summed E-state index contributed by atoms with van der Waals surface area (Å²) in [5.74, 6) is 1.03. The second kappa shape index (κ2) is 10.8. The highest BCUT2D eigenvalue weighted by Gasteiger charge is 2.30. The van der Waals surface area contributed by atoms with Crippen molar-refractivity contribution in [3.05, 3.63) is 34.9 Å². The third kappa shape index (κ3) is 7.86. The first kappa shape index (κ1) is 23.5. The molecule has 2 rings (SSSR count). The summed E-state index contributed by atoms with van der Waals surface area (Å²) < 4.78 is 0. The zero-order valence-electron chi connectivity index (χ0n) is 18.4. The highest BCUT2D eigenvalue weighted by atomic mass is 35.5. The minimum atomic E-state index is -0.255. The maximum absolute atomic E-state index is 12.1. The Morgan fingerprint density at radius 3 is 2.72 bits per heavy atom. The number of rotatable bonds is 6. The number of guanidine groups is 1. The molecule has 1 amide bonds. The van der Waals surface area contributed by atoms with Crippen molar-refractivity contribution in [3.8, 4) is 0 Å². The SMILES string of the molecule is CCNC(=NCC(=O)NC(C)(C)C)NCC1CCCN(C)C1c1cccc(Cl)c1. The van der Waals surface area contributed by atoms with Crippen molar-refractivity contribution in [1.82, 2.24) is 20.9 Å². The molecule has 1 heterocycles. The molecule has 2 unspecified atom stereocenters. The van der Waals surface area contributed by atoms with Crippen LogP contribution >= 0.6 is 11.6 Å².